The van der Waals surface area contributed by atoms with Gasteiger partial charge in [0.25, 0.3) is 0 Å². The molecule has 3 aliphatic heterocycles. The molecule has 0 spiro atoms. The third kappa shape index (κ3) is 9.32. The van der Waals surface area contributed by atoms with Crippen molar-refractivity contribution in [1.29, 1.82) is 0 Å². The molecule has 25 atom stereocenters. The first kappa shape index (κ1) is 54.1. The summed E-state index contributed by atoms with van der Waals surface area (Å²) in [5.74, 6) is -0.494. The summed E-state index contributed by atoms with van der Waals surface area (Å²) < 4.78 is 43.4. The van der Waals surface area contributed by atoms with Crippen LogP contribution in [-0.4, -0.2) is 181 Å². The second kappa shape index (κ2) is 20.3. The van der Waals surface area contributed by atoms with E-state index >= 15 is 0 Å². The minimum atomic E-state index is -1.68. The van der Waals surface area contributed by atoms with Gasteiger partial charge in [-0.15, -0.1) is 0 Å². The summed E-state index contributed by atoms with van der Waals surface area (Å²) in [5.41, 5.74) is 0.646. The Labute approximate surface area is 400 Å². The van der Waals surface area contributed by atoms with Gasteiger partial charge in [-0.25, -0.2) is 0 Å². The van der Waals surface area contributed by atoms with Crippen molar-refractivity contribution in [1.82, 2.24) is 0 Å². The Bertz CT molecular complexity index is 1820. The normalized spacial score (nSPS) is 49.9. The molecule has 3 saturated heterocycles. The molecule has 0 aromatic rings. The Kier molecular flexibility index (Phi) is 16.2. The maximum Gasteiger partial charge on any atom is 0.303 e. The highest BCUT2D eigenvalue weighted by atomic mass is 16.7. The average Bonchev–Trinajstić information content (AvgIpc) is 3.56. The number of ether oxygens (including phenoxy) is 7. The highest BCUT2D eigenvalue weighted by molar-refractivity contribution is 5.66. The molecule has 3 saturated carbocycles. The molecule has 3 heterocycles. The number of hydrogen-bond acceptors (Lipinski definition) is 18. The van der Waals surface area contributed by atoms with Gasteiger partial charge in [-0.1, -0.05) is 64.8 Å². The third-order valence-corrected chi connectivity index (χ3v) is 18.4. The van der Waals surface area contributed by atoms with E-state index in [0.29, 0.717) is 12.8 Å². The van der Waals surface area contributed by atoms with Crippen LogP contribution in [-0.2, 0) is 38.0 Å². The number of aliphatic hydroxyl groups is 10. The van der Waals surface area contributed by atoms with Crippen LogP contribution < -0.4 is 0 Å². The van der Waals surface area contributed by atoms with E-state index in [-0.39, 0.29) is 40.9 Å². The van der Waals surface area contributed by atoms with E-state index in [1.165, 1.54) is 12.5 Å². The van der Waals surface area contributed by atoms with Crippen molar-refractivity contribution in [3.8, 4) is 0 Å². The topological polar surface area (TPSA) is 284 Å². The smallest absolute Gasteiger partial charge is 0.303 e. The van der Waals surface area contributed by atoms with E-state index in [1.807, 2.05) is 19.9 Å². The van der Waals surface area contributed by atoms with Crippen molar-refractivity contribution in [3.05, 3.63) is 23.3 Å². The van der Waals surface area contributed by atoms with Gasteiger partial charge in [-0.2, -0.15) is 0 Å². The molecular formula is C50H82O18. The van der Waals surface area contributed by atoms with Crippen LogP contribution in [0.15, 0.2) is 23.3 Å². The first-order valence-electron chi connectivity index (χ1n) is 24.9. The molecule has 6 fully saturated rings. The molecule has 18 nitrogen and oxygen atoms in total. The molecule has 390 valence electrons. The molecule has 18 heteroatoms. The number of fused-ring (bicyclic) bond motifs is 5. The number of rotatable bonds is 13. The zero-order chi connectivity index (χ0) is 50.2. The Morgan fingerprint density at radius 3 is 1.96 bits per heavy atom. The molecule has 10 N–H and O–H groups in total. The maximum atomic E-state index is 12.3. The zero-order valence-electron chi connectivity index (χ0n) is 41.5. The quantitative estimate of drug-likeness (QED) is 0.0921. The largest absolute Gasteiger partial charge is 0.454 e. The van der Waals surface area contributed by atoms with Crippen LogP contribution in [0.2, 0.25) is 0 Å². The lowest BCUT2D eigenvalue weighted by molar-refractivity contribution is -0.354. The van der Waals surface area contributed by atoms with Crippen LogP contribution in [0.5, 0.6) is 0 Å². The maximum absolute atomic E-state index is 12.3. The zero-order valence-corrected chi connectivity index (χ0v) is 41.5. The molecule has 0 aromatic carbocycles. The second-order valence-electron chi connectivity index (χ2n) is 22.9. The predicted octanol–water partition coefficient (Wildman–Crippen LogP) is 1.35. The molecule has 1 unspecified atom stereocenters. The first-order valence-corrected chi connectivity index (χ1v) is 24.9. The SMILES string of the molecule is CC(=O)O[C@H]1[C@H](O[C@H]2C[C@@H](O[C@@H]3O[C@H](CO)[C@@H](O)[C@H](O)[C@H]3O)[C@@]3(C)C(CC=C4[C@@H]3CC[C@@]3(C)[C@H]([C@H](C)C[C@@H](C=C(C)C)O[C@@H]5O[C@@H](C)[C@H](O)[C@@H](O)[C@H]5O)CC[C@]43C)C2(C)C)O[C@H](CO)[C@@H](O)[C@@H]1O. The Balaban J connectivity index is 1.20. The van der Waals surface area contributed by atoms with Gasteiger partial charge in [0, 0.05) is 18.8 Å². The van der Waals surface area contributed by atoms with E-state index in [9.17, 15) is 55.9 Å². The van der Waals surface area contributed by atoms with Crippen LogP contribution in [0.25, 0.3) is 0 Å². The van der Waals surface area contributed by atoms with Crippen LogP contribution in [0.4, 0.5) is 0 Å². The molecular weight excluding hydrogens is 889 g/mol. The van der Waals surface area contributed by atoms with Crippen LogP contribution in [0.1, 0.15) is 114 Å². The summed E-state index contributed by atoms with van der Waals surface area (Å²) in [5, 5.41) is 107. The second-order valence-corrected chi connectivity index (χ2v) is 22.9. The number of carbonyl (C=O) groups excluding carboxylic acids is 1. The average molecular weight is 971 g/mol. The van der Waals surface area contributed by atoms with Crippen LogP contribution in [0.3, 0.4) is 0 Å². The minimum absolute atomic E-state index is 0.0329. The lowest BCUT2D eigenvalue weighted by Crippen LogP contribution is -2.67. The van der Waals surface area contributed by atoms with Crippen molar-refractivity contribution in [2.75, 3.05) is 13.2 Å². The molecule has 0 radical (unpaired) electrons. The van der Waals surface area contributed by atoms with E-state index in [2.05, 4.69) is 47.6 Å². The Hall–Kier alpha value is -1.69. The van der Waals surface area contributed by atoms with E-state index in [0.717, 1.165) is 31.3 Å². The van der Waals surface area contributed by atoms with Gasteiger partial charge in [0.15, 0.2) is 25.0 Å². The highest BCUT2D eigenvalue weighted by Crippen LogP contribution is 2.74. The number of esters is 1. The molecule has 0 aromatic heterocycles. The van der Waals surface area contributed by atoms with Crippen LogP contribution >= 0.6 is 0 Å². The predicted molar refractivity (Wildman–Crippen MR) is 242 cm³/mol. The summed E-state index contributed by atoms with van der Waals surface area (Å²) in [6.45, 7) is 18.9. The lowest BCUT2D eigenvalue weighted by atomic mass is 9.40. The Morgan fingerprint density at radius 2 is 1.34 bits per heavy atom. The molecule has 7 rings (SSSR count). The van der Waals surface area contributed by atoms with Gasteiger partial charge >= 0.3 is 5.97 Å². The number of hydrogen-bond donors (Lipinski definition) is 10. The van der Waals surface area contributed by atoms with Crippen molar-refractivity contribution in [3.63, 3.8) is 0 Å². The molecule has 0 amide bonds. The third-order valence-electron chi connectivity index (χ3n) is 18.4. The van der Waals surface area contributed by atoms with Gasteiger partial charge in [0.05, 0.1) is 37.6 Å². The highest BCUT2D eigenvalue weighted by Gasteiger charge is 2.69. The van der Waals surface area contributed by atoms with Gasteiger partial charge in [0.1, 0.15) is 61.0 Å². The monoisotopic (exact) mass is 971 g/mol. The van der Waals surface area contributed by atoms with Gasteiger partial charge in [0.2, 0.25) is 0 Å². The minimum Gasteiger partial charge on any atom is -0.454 e. The van der Waals surface area contributed by atoms with Crippen molar-refractivity contribution in [2.24, 2.45) is 45.3 Å². The summed E-state index contributed by atoms with van der Waals surface area (Å²) in [4.78, 5) is 12.3. The van der Waals surface area contributed by atoms with Crippen molar-refractivity contribution >= 4 is 5.97 Å². The molecule has 7 aliphatic rings. The summed E-state index contributed by atoms with van der Waals surface area (Å²) in [6, 6.07) is 0. The summed E-state index contributed by atoms with van der Waals surface area (Å²) in [7, 11) is 0. The number of allylic oxidation sites excluding steroid dienone is 3. The van der Waals surface area contributed by atoms with Crippen molar-refractivity contribution < 1.29 is 89.0 Å². The van der Waals surface area contributed by atoms with Gasteiger partial charge in [-0.05, 0) is 99.2 Å². The van der Waals surface area contributed by atoms with Crippen molar-refractivity contribution in [2.45, 2.75) is 225 Å². The van der Waals surface area contributed by atoms with E-state index in [1.54, 1.807) is 6.92 Å². The lowest BCUT2D eigenvalue weighted by Gasteiger charge is -2.67. The Morgan fingerprint density at radius 1 is 0.750 bits per heavy atom. The van der Waals surface area contributed by atoms with Gasteiger partial charge in [-0.3, -0.25) is 4.79 Å². The van der Waals surface area contributed by atoms with Gasteiger partial charge < -0.3 is 84.2 Å². The summed E-state index contributed by atoms with van der Waals surface area (Å²) >= 11 is 0. The number of aliphatic hydroxyl groups excluding tert-OH is 10. The first-order chi connectivity index (χ1) is 31.8. The standard InChI is InChI=1S/C50H82O18/c1-22(2)17-26(64-44-41(60)38(57)35(54)24(4)62-44)18-23(3)27-13-15-49(9)28-11-12-32-47(6,7)33(67-46-43(63-25(5)53)40(59)37(56)31(21-52)66-46)19-34(50(32,10)29(28)14-16-48(27,49)8)68-45-42(61)39(58)36(55)30(20-51)65-45/h11,17,23-24,26-27,29-46,51-52,54-61H,12-16,18-21H2,1-10H3/t23-,24+,26-,27+,29+,30-,31-,32?,33+,34-,35+,36-,37-,38-,39+,40+,41-,42-,43-,44+,45+,46+,48+,49-,50-/m1/s1. The number of carbonyl (C=O) groups is 1. The fourth-order valence-electron chi connectivity index (χ4n) is 14.4. The fourth-order valence-corrected chi connectivity index (χ4v) is 14.4. The summed E-state index contributed by atoms with van der Waals surface area (Å²) in [6.07, 6.45) is -13.4. The fraction of sp³-hybridized carbons (Fsp3) is 0.900. The van der Waals surface area contributed by atoms with E-state index < -0.39 is 140 Å². The molecule has 68 heavy (non-hydrogen) atoms. The molecule has 0 bridgehead atoms. The molecule has 4 aliphatic carbocycles. The van der Waals surface area contributed by atoms with Crippen LogP contribution in [0, 0.1) is 45.3 Å². The van der Waals surface area contributed by atoms with E-state index in [4.69, 9.17) is 33.2 Å².